The average molecular weight is 320 g/mol. The number of para-hydroxylation sites is 1. The van der Waals surface area contributed by atoms with Gasteiger partial charge in [0.05, 0.1) is 0 Å². The molecule has 3 aromatic rings. The normalized spacial score (nSPS) is 10.9. The highest BCUT2D eigenvalue weighted by Crippen LogP contribution is 2.21. The lowest BCUT2D eigenvalue weighted by Gasteiger charge is -2.06. The van der Waals surface area contributed by atoms with E-state index in [9.17, 15) is 4.79 Å². The Morgan fingerprint density at radius 1 is 1.04 bits per heavy atom. The van der Waals surface area contributed by atoms with Crippen molar-refractivity contribution in [3.8, 4) is 0 Å². The van der Waals surface area contributed by atoms with Crippen LogP contribution in [0.4, 0.5) is 0 Å². The van der Waals surface area contributed by atoms with Gasteiger partial charge in [-0.15, -0.1) is 0 Å². The lowest BCUT2D eigenvalue weighted by molar-refractivity contribution is -0.121. The molecular formula is C21H24N2O. The number of hydrogen-bond acceptors (Lipinski definition) is 1. The minimum atomic E-state index is 0.120. The summed E-state index contributed by atoms with van der Waals surface area (Å²) in [6, 6.07) is 16.8. The van der Waals surface area contributed by atoms with Crippen molar-refractivity contribution < 1.29 is 4.79 Å². The molecule has 124 valence electrons. The second-order valence-corrected chi connectivity index (χ2v) is 6.37. The first-order valence-corrected chi connectivity index (χ1v) is 8.48. The molecule has 0 unspecified atom stereocenters. The molecule has 0 aliphatic rings. The molecule has 1 heterocycles. The van der Waals surface area contributed by atoms with E-state index in [-0.39, 0.29) is 5.91 Å². The molecule has 0 aliphatic heterocycles. The van der Waals surface area contributed by atoms with E-state index in [0.717, 1.165) is 12.8 Å². The summed E-state index contributed by atoms with van der Waals surface area (Å²) in [4.78, 5) is 12.1. The second-order valence-electron chi connectivity index (χ2n) is 6.37. The van der Waals surface area contributed by atoms with Gasteiger partial charge >= 0.3 is 0 Å². The van der Waals surface area contributed by atoms with Crippen LogP contribution in [-0.2, 0) is 24.7 Å². The summed E-state index contributed by atoms with van der Waals surface area (Å²) in [6.07, 6.45) is 4.31. The van der Waals surface area contributed by atoms with Crippen LogP contribution in [0.5, 0.6) is 0 Å². The smallest absolute Gasteiger partial charge is 0.220 e. The predicted molar refractivity (Wildman–Crippen MR) is 99.1 cm³/mol. The van der Waals surface area contributed by atoms with Gasteiger partial charge in [-0.1, -0.05) is 48.0 Å². The van der Waals surface area contributed by atoms with Crippen molar-refractivity contribution in [3.05, 3.63) is 71.4 Å². The third-order valence-corrected chi connectivity index (χ3v) is 4.46. The number of amides is 1. The van der Waals surface area contributed by atoms with Gasteiger partial charge in [0.15, 0.2) is 0 Å². The van der Waals surface area contributed by atoms with Gasteiger partial charge < -0.3 is 9.88 Å². The van der Waals surface area contributed by atoms with Crippen LogP contribution in [0, 0.1) is 6.92 Å². The number of nitrogens with zero attached hydrogens (tertiary/aromatic N) is 1. The van der Waals surface area contributed by atoms with E-state index in [1.54, 1.807) is 0 Å². The van der Waals surface area contributed by atoms with Gasteiger partial charge in [-0.25, -0.2) is 0 Å². The molecule has 0 saturated heterocycles. The van der Waals surface area contributed by atoms with Crippen LogP contribution in [0.15, 0.2) is 54.7 Å². The molecule has 1 aromatic heterocycles. The van der Waals surface area contributed by atoms with Crippen LogP contribution in [0.2, 0.25) is 0 Å². The summed E-state index contributed by atoms with van der Waals surface area (Å²) in [5, 5.41) is 4.27. The first-order valence-electron chi connectivity index (χ1n) is 8.48. The van der Waals surface area contributed by atoms with E-state index >= 15 is 0 Å². The van der Waals surface area contributed by atoms with Gasteiger partial charge in [0, 0.05) is 37.1 Å². The van der Waals surface area contributed by atoms with E-state index in [2.05, 4.69) is 59.4 Å². The van der Waals surface area contributed by atoms with E-state index in [4.69, 9.17) is 0 Å². The summed E-state index contributed by atoms with van der Waals surface area (Å²) in [5.41, 5.74) is 4.97. The van der Waals surface area contributed by atoms with Crippen molar-refractivity contribution in [3.63, 3.8) is 0 Å². The van der Waals surface area contributed by atoms with Gasteiger partial charge in [-0.05, 0) is 37.0 Å². The molecule has 1 N–H and O–H groups in total. The molecule has 0 saturated carbocycles. The Hall–Kier alpha value is -2.55. The molecule has 3 nitrogen and oxygen atoms in total. The molecule has 24 heavy (non-hydrogen) atoms. The fourth-order valence-corrected chi connectivity index (χ4v) is 3.06. The number of carbonyl (C=O) groups is 1. The third-order valence-electron chi connectivity index (χ3n) is 4.46. The number of rotatable bonds is 6. The molecule has 0 aliphatic carbocycles. The van der Waals surface area contributed by atoms with E-state index in [1.165, 1.54) is 27.6 Å². The van der Waals surface area contributed by atoms with Gasteiger partial charge in [-0.3, -0.25) is 4.79 Å². The topological polar surface area (TPSA) is 34.0 Å². The minimum Gasteiger partial charge on any atom is -0.356 e. The van der Waals surface area contributed by atoms with E-state index in [1.807, 2.05) is 19.2 Å². The fraction of sp³-hybridized carbons (Fsp3) is 0.286. The zero-order chi connectivity index (χ0) is 16.9. The van der Waals surface area contributed by atoms with Gasteiger partial charge in [-0.2, -0.15) is 0 Å². The largest absolute Gasteiger partial charge is 0.356 e. The van der Waals surface area contributed by atoms with Crippen LogP contribution >= 0.6 is 0 Å². The predicted octanol–water partition coefficient (Wildman–Crippen LogP) is 3.78. The summed E-state index contributed by atoms with van der Waals surface area (Å²) in [5.74, 6) is 0.120. The maximum Gasteiger partial charge on any atom is 0.220 e. The third kappa shape index (κ3) is 3.85. The van der Waals surface area contributed by atoms with Gasteiger partial charge in [0.2, 0.25) is 5.91 Å². The molecule has 1 amide bonds. The monoisotopic (exact) mass is 320 g/mol. The zero-order valence-electron chi connectivity index (χ0n) is 14.4. The molecule has 0 bridgehead atoms. The van der Waals surface area contributed by atoms with Crippen molar-refractivity contribution in [1.82, 2.24) is 9.88 Å². The van der Waals surface area contributed by atoms with Crippen LogP contribution < -0.4 is 5.32 Å². The Morgan fingerprint density at radius 2 is 1.79 bits per heavy atom. The molecule has 2 aromatic carbocycles. The molecule has 0 atom stereocenters. The first kappa shape index (κ1) is 16.3. The van der Waals surface area contributed by atoms with Crippen molar-refractivity contribution in [2.24, 2.45) is 7.05 Å². The first-order chi connectivity index (χ1) is 11.6. The second kappa shape index (κ2) is 7.35. The van der Waals surface area contributed by atoms with E-state index in [0.29, 0.717) is 13.0 Å². The van der Waals surface area contributed by atoms with E-state index < -0.39 is 0 Å². The highest BCUT2D eigenvalue weighted by molar-refractivity contribution is 5.84. The highest BCUT2D eigenvalue weighted by Gasteiger charge is 2.08. The number of aryl methyl sites for hydroxylation is 3. The Balaban J connectivity index is 1.49. The Kier molecular flexibility index (Phi) is 4.99. The summed E-state index contributed by atoms with van der Waals surface area (Å²) in [7, 11) is 2.05. The van der Waals surface area contributed by atoms with Gasteiger partial charge in [0.25, 0.3) is 0 Å². The Bertz CT molecular complexity index is 831. The number of aromatic nitrogens is 1. The minimum absolute atomic E-state index is 0.120. The molecule has 0 spiro atoms. The maximum atomic E-state index is 12.1. The summed E-state index contributed by atoms with van der Waals surface area (Å²) >= 11 is 0. The quantitative estimate of drug-likeness (QED) is 0.737. The molecule has 3 rings (SSSR count). The van der Waals surface area contributed by atoms with Crippen molar-refractivity contribution in [2.45, 2.75) is 26.2 Å². The number of carbonyl (C=O) groups excluding carboxylic acids is 1. The molecule has 0 fully saturated rings. The standard InChI is InChI=1S/C21H24N2O/c1-16-7-9-17(10-8-16)13-14-22-21(24)12-11-18-15-23(2)20-6-4-3-5-19(18)20/h3-10,15H,11-14H2,1-2H3,(H,22,24). The van der Waals surface area contributed by atoms with Crippen LogP contribution in [0.1, 0.15) is 23.1 Å². The summed E-state index contributed by atoms with van der Waals surface area (Å²) < 4.78 is 2.12. The number of benzene rings is 2. The van der Waals surface area contributed by atoms with Crippen molar-refractivity contribution in [2.75, 3.05) is 6.54 Å². The molecule has 3 heteroatoms. The number of fused-ring (bicyclic) bond motifs is 1. The fourth-order valence-electron chi connectivity index (χ4n) is 3.06. The molecule has 0 radical (unpaired) electrons. The zero-order valence-corrected chi connectivity index (χ0v) is 14.4. The van der Waals surface area contributed by atoms with Crippen molar-refractivity contribution >= 4 is 16.8 Å². The van der Waals surface area contributed by atoms with Crippen LogP contribution in [-0.4, -0.2) is 17.0 Å². The summed E-state index contributed by atoms with van der Waals surface area (Å²) in [6.45, 7) is 2.77. The SMILES string of the molecule is Cc1ccc(CCNC(=O)CCc2cn(C)c3ccccc23)cc1. The van der Waals surface area contributed by atoms with Gasteiger partial charge in [0.1, 0.15) is 0 Å². The molecular weight excluding hydrogens is 296 g/mol. The maximum absolute atomic E-state index is 12.1. The Labute approximate surface area is 143 Å². The lowest BCUT2D eigenvalue weighted by atomic mass is 10.1. The van der Waals surface area contributed by atoms with Crippen LogP contribution in [0.25, 0.3) is 10.9 Å². The lowest BCUT2D eigenvalue weighted by Crippen LogP contribution is -2.25. The Morgan fingerprint density at radius 3 is 2.58 bits per heavy atom. The van der Waals surface area contributed by atoms with Crippen LogP contribution in [0.3, 0.4) is 0 Å². The number of nitrogens with one attached hydrogen (secondary N) is 1. The highest BCUT2D eigenvalue weighted by atomic mass is 16.1. The number of hydrogen-bond donors (Lipinski definition) is 1. The van der Waals surface area contributed by atoms with Crippen molar-refractivity contribution in [1.29, 1.82) is 0 Å². The average Bonchev–Trinajstić information content (AvgIpc) is 2.91.